The van der Waals surface area contributed by atoms with Crippen LogP contribution < -0.4 is 4.74 Å². The lowest BCUT2D eigenvalue weighted by atomic mass is 9.88. The molecule has 1 atom stereocenters. The molecule has 0 heterocycles. The maximum absolute atomic E-state index is 13.1. The molecule has 25 heavy (non-hydrogen) atoms. The Bertz CT molecular complexity index is 881. The Morgan fingerprint density at radius 3 is 2.44 bits per heavy atom. The van der Waals surface area contributed by atoms with E-state index in [1.807, 2.05) is 13.0 Å². The average molecular weight is 357 g/mol. The van der Waals surface area contributed by atoms with Crippen LogP contribution in [0.4, 0.5) is 0 Å². The molecule has 3 rings (SSSR count). The molecule has 0 spiro atoms. The number of allylic oxidation sites excluding steroid dienone is 1. The first-order valence-corrected chi connectivity index (χ1v) is 8.19. The molecule has 0 aliphatic heterocycles. The Labute approximate surface area is 150 Å². The standard InChI is InChI=1S/C20H17ClO4/c1-11-16(10-18(22)23)17-9-14(25-2)7-8-15(17)19(11)20(24)12-3-5-13(21)6-4-12/h3-9,19H,10H2,1-2H3,(H,22,23). The predicted molar refractivity (Wildman–Crippen MR) is 96.4 cm³/mol. The smallest absolute Gasteiger partial charge is 0.307 e. The molecule has 1 aliphatic rings. The Kier molecular flexibility index (Phi) is 4.64. The number of hydrogen-bond acceptors (Lipinski definition) is 3. The van der Waals surface area contributed by atoms with Gasteiger partial charge in [-0.15, -0.1) is 0 Å². The van der Waals surface area contributed by atoms with Crippen molar-refractivity contribution in [3.05, 3.63) is 69.8 Å². The van der Waals surface area contributed by atoms with Crippen LogP contribution in [0.2, 0.25) is 5.02 Å². The van der Waals surface area contributed by atoms with Crippen LogP contribution in [-0.2, 0) is 4.79 Å². The molecule has 1 N–H and O–H groups in total. The Hall–Kier alpha value is -2.59. The fourth-order valence-electron chi connectivity index (χ4n) is 3.30. The number of carboxylic acid groups (broad SMARTS) is 1. The van der Waals surface area contributed by atoms with Gasteiger partial charge in [-0.05, 0) is 60.0 Å². The van der Waals surface area contributed by atoms with Gasteiger partial charge < -0.3 is 9.84 Å². The van der Waals surface area contributed by atoms with E-state index in [9.17, 15) is 14.7 Å². The lowest BCUT2D eigenvalue weighted by Crippen LogP contribution is -2.12. The number of rotatable bonds is 5. The number of fused-ring (bicyclic) bond motifs is 1. The molecule has 5 heteroatoms. The van der Waals surface area contributed by atoms with Crippen LogP contribution in [0.15, 0.2) is 48.0 Å². The van der Waals surface area contributed by atoms with Gasteiger partial charge in [0.2, 0.25) is 0 Å². The number of methoxy groups -OCH3 is 1. The van der Waals surface area contributed by atoms with E-state index in [2.05, 4.69) is 0 Å². The quantitative estimate of drug-likeness (QED) is 0.796. The number of carboxylic acids is 1. The van der Waals surface area contributed by atoms with Gasteiger partial charge in [-0.2, -0.15) is 0 Å². The summed E-state index contributed by atoms with van der Waals surface area (Å²) in [7, 11) is 1.56. The highest BCUT2D eigenvalue weighted by Crippen LogP contribution is 2.46. The van der Waals surface area contributed by atoms with E-state index in [1.54, 1.807) is 43.5 Å². The molecule has 0 saturated carbocycles. The van der Waals surface area contributed by atoms with Gasteiger partial charge in [0.15, 0.2) is 5.78 Å². The van der Waals surface area contributed by atoms with Gasteiger partial charge in [-0.3, -0.25) is 9.59 Å². The molecule has 0 bridgehead atoms. The van der Waals surface area contributed by atoms with Crippen LogP contribution >= 0.6 is 11.6 Å². The molecule has 128 valence electrons. The molecule has 4 nitrogen and oxygen atoms in total. The van der Waals surface area contributed by atoms with Crippen LogP contribution in [0.1, 0.15) is 40.7 Å². The summed E-state index contributed by atoms with van der Waals surface area (Å²) in [4.78, 5) is 24.3. The number of carbonyl (C=O) groups excluding carboxylic acids is 1. The van der Waals surface area contributed by atoms with Crippen molar-refractivity contribution in [1.29, 1.82) is 0 Å². The van der Waals surface area contributed by atoms with Gasteiger partial charge in [0.05, 0.1) is 19.4 Å². The van der Waals surface area contributed by atoms with Crippen LogP contribution in [0, 0.1) is 0 Å². The Morgan fingerprint density at radius 2 is 1.84 bits per heavy atom. The molecule has 0 amide bonds. The first-order valence-electron chi connectivity index (χ1n) is 7.82. The first-order chi connectivity index (χ1) is 11.9. The van der Waals surface area contributed by atoms with Gasteiger partial charge in [0.1, 0.15) is 5.75 Å². The normalized spacial score (nSPS) is 15.9. The number of benzene rings is 2. The summed E-state index contributed by atoms with van der Waals surface area (Å²) in [6.45, 7) is 1.82. The van der Waals surface area contributed by atoms with E-state index < -0.39 is 11.9 Å². The molecule has 0 saturated heterocycles. The highest BCUT2D eigenvalue weighted by molar-refractivity contribution is 6.30. The second-order valence-corrected chi connectivity index (χ2v) is 6.43. The summed E-state index contributed by atoms with van der Waals surface area (Å²) >= 11 is 5.90. The minimum absolute atomic E-state index is 0.0685. The van der Waals surface area contributed by atoms with E-state index in [1.165, 1.54) is 0 Å². The number of Topliss-reactive ketones (excluding diaryl/α,β-unsaturated/α-hetero) is 1. The number of aliphatic carboxylic acids is 1. The number of ether oxygens (including phenoxy) is 1. The molecule has 0 fully saturated rings. The summed E-state index contributed by atoms with van der Waals surface area (Å²) in [5.74, 6) is -0.853. The highest BCUT2D eigenvalue weighted by Gasteiger charge is 2.35. The van der Waals surface area contributed by atoms with E-state index in [0.29, 0.717) is 21.9 Å². The van der Waals surface area contributed by atoms with Crippen molar-refractivity contribution in [3.63, 3.8) is 0 Å². The van der Waals surface area contributed by atoms with E-state index >= 15 is 0 Å². The van der Waals surface area contributed by atoms with Crippen molar-refractivity contribution in [2.45, 2.75) is 19.3 Å². The van der Waals surface area contributed by atoms with E-state index in [4.69, 9.17) is 16.3 Å². The van der Waals surface area contributed by atoms with Gasteiger partial charge in [0.25, 0.3) is 0 Å². The van der Waals surface area contributed by atoms with Crippen molar-refractivity contribution in [2.24, 2.45) is 0 Å². The van der Waals surface area contributed by atoms with Gasteiger partial charge >= 0.3 is 5.97 Å². The molecule has 2 aromatic carbocycles. The van der Waals surface area contributed by atoms with Gasteiger partial charge in [-0.25, -0.2) is 0 Å². The molecule has 0 radical (unpaired) electrons. The average Bonchev–Trinajstić information content (AvgIpc) is 2.86. The van der Waals surface area contributed by atoms with E-state index in [-0.39, 0.29) is 12.2 Å². The third-order valence-electron chi connectivity index (χ3n) is 4.52. The summed E-state index contributed by atoms with van der Waals surface area (Å²) in [5, 5.41) is 9.81. The SMILES string of the molecule is COc1ccc2c(c1)C(CC(=O)O)=C(C)C2C(=O)c1ccc(Cl)cc1. The highest BCUT2D eigenvalue weighted by atomic mass is 35.5. The third-order valence-corrected chi connectivity index (χ3v) is 4.78. The number of halogens is 1. The second-order valence-electron chi connectivity index (χ2n) is 5.99. The fourth-order valence-corrected chi connectivity index (χ4v) is 3.43. The van der Waals surface area contributed by atoms with Crippen molar-refractivity contribution < 1.29 is 19.4 Å². The topological polar surface area (TPSA) is 63.6 Å². The number of carbonyl (C=O) groups is 2. The van der Waals surface area contributed by atoms with Crippen molar-refractivity contribution in [3.8, 4) is 5.75 Å². The van der Waals surface area contributed by atoms with Crippen LogP contribution in [0.25, 0.3) is 5.57 Å². The third kappa shape index (κ3) is 3.17. The monoisotopic (exact) mass is 356 g/mol. The molecule has 0 aromatic heterocycles. The minimum Gasteiger partial charge on any atom is -0.497 e. The fraction of sp³-hybridized carbons (Fsp3) is 0.200. The molecular formula is C20H17ClO4. The minimum atomic E-state index is -0.928. The largest absolute Gasteiger partial charge is 0.497 e. The Balaban J connectivity index is 2.10. The molecule has 2 aromatic rings. The second kappa shape index (κ2) is 6.73. The summed E-state index contributed by atoms with van der Waals surface area (Å²) in [5.41, 5.74) is 3.58. The van der Waals surface area contributed by atoms with Crippen LogP contribution in [0.3, 0.4) is 0 Å². The van der Waals surface area contributed by atoms with Crippen molar-refractivity contribution >= 4 is 28.9 Å². The Morgan fingerprint density at radius 1 is 1.16 bits per heavy atom. The maximum atomic E-state index is 13.1. The zero-order chi connectivity index (χ0) is 18.1. The van der Waals surface area contributed by atoms with Crippen LogP contribution in [-0.4, -0.2) is 24.0 Å². The van der Waals surface area contributed by atoms with Gasteiger partial charge in [-0.1, -0.05) is 23.2 Å². The molecule has 1 unspecified atom stereocenters. The van der Waals surface area contributed by atoms with Crippen molar-refractivity contribution in [2.75, 3.05) is 7.11 Å². The van der Waals surface area contributed by atoms with Crippen LogP contribution in [0.5, 0.6) is 5.75 Å². The lowest BCUT2D eigenvalue weighted by Gasteiger charge is -2.14. The lowest BCUT2D eigenvalue weighted by molar-refractivity contribution is -0.135. The zero-order valence-electron chi connectivity index (χ0n) is 13.9. The van der Waals surface area contributed by atoms with Crippen molar-refractivity contribution in [1.82, 2.24) is 0 Å². The molecular weight excluding hydrogens is 340 g/mol. The summed E-state index contributed by atoms with van der Waals surface area (Å²) < 4.78 is 5.25. The van der Waals surface area contributed by atoms with Gasteiger partial charge in [0, 0.05) is 10.6 Å². The van der Waals surface area contributed by atoms with E-state index in [0.717, 1.165) is 16.7 Å². The summed E-state index contributed by atoms with van der Waals surface area (Å²) in [6.07, 6.45) is -0.129. The first kappa shape index (κ1) is 17.2. The molecule has 1 aliphatic carbocycles. The maximum Gasteiger partial charge on any atom is 0.307 e. The number of hydrogen-bond donors (Lipinski definition) is 1. The predicted octanol–water partition coefficient (Wildman–Crippen LogP) is 4.58. The number of ketones is 1. The summed E-state index contributed by atoms with van der Waals surface area (Å²) in [6, 6.07) is 12.2. The zero-order valence-corrected chi connectivity index (χ0v) is 14.6.